The minimum atomic E-state index is -1.35. The molecule has 3 aromatic rings. The summed E-state index contributed by atoms with van der Waals surface area (Å²) in [5.74, 6) is 0.476. The maximum Gasteiger partial charge on any atom is 0.278 e. The van der Waals surface area contributed by atoms with Crippen molar-refractivity contribution in [2.24, 2.45) is 0 Å². The second kappa shape index (κ2) is 5.93. The van der Waals surface area contributed by atoms with Crippen molar-refractivity contribution in [3.8, 4) is 0 Å². The van der Waals surface area contributed by atoms with Crippen molar-refractivity contribution in [3.05, 3.63) is 29.1 Å². The van der Waals surface area contributed by atoms with Crippen molar-refractivity contribution in [3.63, 3.8) is 0 Å². The van der Waals surface area contributed by atoms with Gasteiger partial charge in [-0.05, 0) is 0 Å². The largest absolute Gasteiger partial charge is 0.394 e. The van der Waals surface area contributed by atoms with Gasteiger partial charge in [-0.25, -0.2) is 15.0 Å². The van der Waals surface area contributed by atoms with Gasteiger partial charge in [0.2, 0.25) is 11.9 Å². The number of aliphatic hydroxyl groups is 3. The number of rotatable bonds is 4. The van der Waals surface area contributed by atoms with Crippen LogP contribution in [0.4, 0.5) is 11.9 Å². The lowest BCUT2D eigenvalue weighted by Gasteiger charge is -2.19. The molecule has 3 aromatic heterocycles. The zero-order valence-corrected chi connectivity index (χ0v) is 12.7. The third-order valence-corrected chi connectivity index (χ3v) is 3.98. The Morgan fingerprint density at radius 1 is 1.28 bits per heavy atom. The quantitative estimate of drug-likeness (QED) is 0.317. The summed E-state index contributed by atoms with van der Waals surface area (Å²) in [7, 11) is 0. The van der Waals surface area contributed by atoms with Gasteiger partial charge in [-0.1, -0.05) is 0 Å². The predicted molar refractivity (Wildman–Crippen MR) is 83.0 cm³/mol. The molecule has 0 radical (unpaired) electrons. The molecule has 4 heterocycles. The number of aromatic amines is 2. The molecule has 1 aliphatic rings. The number of anilines is 2. The lowest BCUT2D eigenvalue weighted by molar-refractivity contribution is -0.0501. The third kappa shape index (κ3) is 2.47. The molecule has 12 nitrogen and oxygen atoms in total. The third-order valence-electron chi connectivity index (χ3n) is 3.98. The van der Waals surface area contributed by atoms with Crippen LogP contribution in [0.25, 0.3) is 11.2 Å². The molecule has 0 aromatic carbocycles. The maximum atomic E-state index is 12.0. The van der Waals surface area contributed by atoms with Crippen molar-refractivity contribution in [1.82, 2.24) is 29.5 Å². The Hall–Kier alpha value is -2.80. The van der Waals surface area contributed by atoms with Crippen LogP contribution in [0.5, 0.6) is 0 Å². The summed E-state index contributed by atoms with van der Waals surface area (Å²) in [6.45, 7) is -0.476. The van der Waals surface area contributed by atoms with Gasteiger partial charge in [-0.2, -0.15) is 0 Å². The number of nitrogens with one attached hydrogen (secondary N) is 3. The summed E-state index contributed by atoms with van der Waals surface area (Å²) >= 11 is 0. The van der Waals surface area contributed by atoms with E-state index in [1.165, 1.54) is 17.1 Å². The Bertz CT molecular complexity index is 936. The number of hydrogen-bond acceptors (Lipinski definition) is 9. The highest BCUT2D eigenvalue weighted by molar-refractivity contribution is 5.74. The highest BCUT2D eigenvalue weighted by atomic mass is 16.6. The van der Waals surface area contributed by atoms with Gasteiger partial charge in [0, 0.05) is 12.4 Å². The molecule has 0 saturated carbocycles. The number of nitrogens with zero attached hydrogens (tertiary/aromatic N) is 4. The van der Waals surface area contributed by atoms with Crippen LogP contribution in [0.3, 0.4) is 0 Å². The van der Waals surface area contributed by atoms with E-state index in [-0.39, 0.29) is 17.1 Å². The maximum absolute atomic E-state index is 12.0. The molecular weight excluding hydrogens is 334 g/mol. The summed E-state index contributed by atoms with van der Waals surface area (Å²) < 4.78 is 6.88. The van der Waals surface area contributed by atoms with Crippen molar-refractivity contribution in [2.45, 2.75) is 24.5 Å². The first-order valence-corrected chi connectivity index (χ1v) is 7.44. The van der Waals surface area contributed by atoms with E-state index in [1.54, 1.807) is 6.20 Å². The smallest absolute Gasteiger partial charge is 0.278 e. The molecule has 1 saturated heterocycles. The van der Waals surface area contributed by atoms with E-state index in [1.807, 2.05) is 0 Å². The Kier molecular flexibility index (Phi) is 3.73. The summed E-state index contributed by atoms with van der Waals surface area (Å²) in [5, 5.41) is 32.5. The van der Waals surface area contributed by atoms with Crippen molar-refractivity contribution < 1.29 is 20.1 Å². The number of aromatic nitrogens is 6. The summed E-state index contributed by atoms with van der Waals surface area (Å²) in [6.07, 6.45) is -0.431. The Labute approximate surface area is 139 Å². The van der Waals surface area contributed by atoms with Gasteiger partial charge in [0.15, 0.2) is 17.4 Å². The monoisotopic (exact) mass is 349 g/mol. The predicted octanol–water partition coefficient (Wildman–Crippen LogP) is -1.80. The first-order chi connectivity index (χ1) is 12.1. The first kappa shape index (κ1) is 15.7. The van der Waals surface area contributed by atoms with E-state index in [2.05, 4.69) is 30.2 Å². The molecule has 1 aliphatic heterocycles. The van der Waals surface area contributed by atoms with Gasteiger partial charge < -0.3 is 30.0 Å². The molecule has 6 N–H and O–H groups in total. The Morgan fingerprint density at radius 2 is 2.12 bits per heavy atom. The molecule has 0 bridgehead atoms. The van der Waals surface area contributed by atoms with Crippen molar-refractivity contribution in [2.75, 3.05) is 11.9 Å². The highest BCUT2D eigenvalue weighted by Crippen LogP contribution is 2.34. The van der Waals surface area contributed by atoms with E-state index in [0.717, 1.165) is 0 Å². The van der Waals surface area contributed by atoms with Crippen LogP contribution in [-0.2, 0) is 4.74 Å². The standard InChI is InChI=1S/C13H15N7O5/c21-3-5-7(22)8(23)11(25-5)20-9-6(10(24)17-4-16-9)18-13(20)19-12-14-1-2-15-12/h1-2,4-5,7-8,11,21-23H,3H2,(H,16,17,24)(H2,14,15,18,19). The van der Waals surface area contributed by atoms with E-state index >= 15 is 0 Å². The van der Waals surface area contributed by atoms with Gasteiger partial charge in [0.25, 0.3) is 5.56 Å². The average Bonchev–Trinajstić information content (AvgIpc) is 3.30. The average molecular weight is 349 g/mol. The normalized spacial score (nSPS) is 26.4. The fourth-order valence-corrected chi connectivity index (χ4v) is 2.78. The second-order valence-electron chi connectivity index (χ2n) is 5.50. The van der Waals surface area contributed by atoms with Crippen molar-refractivity contribution >= 4 is 23.1 Å². The van der Waals surface area contributed by atoms with Crippen LogP contribution < -0.4 is 10.9 Å². The molecule has 0 aliphatic carbocycles. The highest BCUT2D eigenvalue weighted by Gasteiger charge is 2.45. The topological polar surface area (TPSA) is 174 Å². The second-order valence-corrected chi connectivity index (χ2v) is 5.50. The lowest BCUT2D eigenvalue weighted by atomic mass is 10.1. The van der Waals surface area contributed by atoms with Crippen LogP contribution in [0, 0.1) is 0 Å². The van der Waals surface area contributed by atoms with Crippen LogP contribution >= 0.6 is 0 Å². The van der Waals surface area contributed by atoms with Crippen molar-refractivity contribution in [1.29, 1.82) is 0 Å². The first-order valence-electron chi connectivity index (χ1n) is 7.44. The number of imidazole rings is 2. The minimum Gasteiger partial charge on any atom is -0.394 e. The van der Waals surface area contributed by atoms with E-state index in [9.17, 15) is 20.1 Å². The van der Waals surface area contributed by atoms with Gasteiger partial charge in [-0.15, -0.1) is 0 Å². The number of ether oxygens (including phenoxy) is 1. The number of aliphatic hydroxyl groups excluding tert-OH is 3. The van der Waals surface area contributed by atoms with E-state index in [4.69, 9.17) is 4.74 Å². The summed E-state index contributed by atoms with van der Waals surface area (Å²) in [4.78, 5) is 29.6. The van der Waals surface area contributed by atoms with Crippen LogP contribution in [-0.4, -0.2) is 69.7 Å². The summed E-state index contributed by atoms with van der Waals surface area (Å²) in [6, 6.07) is 0. The van der Waals surface area contributed by atoms with Gasteiger partial charge in [0.1, 0.15) is 18.3 Å². The molecule has 0 amide bonds. The summed E-state index contributed by atoms with van der Waals surface area (Å²) in [5.41, 5.74) is -0.306. The molecule has 4 unspecified atom stereocenters. The van der Waals surface area contributed by atoms with Crippen LogP contribution in [0.15, 0.2) is 23.5 Å². The minimum absolute atomic E-state index is 0.0225. The molecule has 4 atom stereocenters. The molecule has 12 heteroatoms. The molecular formula is C13H15N7O5. The SMILES string of the molecule is O=c1[nH]cnc2c1nc(Nc1ncc[nH]1)n2C1OC(CO)C(O)C1O. The van der Waals surface area contributed by atoms with Crippen LogP contribution in [0.1, 0.15) is 6.23 Å². The molecule has 132 valence electrons. The molecule has 25 heavy (non-hydrogen) atoms. The molecule has 1 fully saturated rings. The Balaban J connectivity index is 1.86. The van der Waals surface area contributed by atoms with Gasteiger partial charge in [-0.3, -0.25) is 14.7 Å². The zero-order valence-electron chi connectivity index (χ0n) is 12.7. The number of hydrogen-bond donors (Lipinski definition) is 6. The Morgan fingerprint density at radius 3 is 2.80 bits per heavy atom. The zero-order chi connectivity index (χ0) is 17.6. The van der Waals surface area contributed by atoms with E-state index in [0.29, 0.717) is 5.95 Å². The van der Waals surface area contributed by atoms with Gasteiger partial charge in [0.05, 0.1) is 12.9 Å². The molecule has 4 rings (SSSR count). The van der Waals surface area contributed by atoms with Crippen LogP contribution in [0.2, 0.25) is 0 Å². The number of fused-ring (bicyclic) bond motifs is 1. The fraction of sp³-hybridized carbons (Fsp3) is 0.385. The van der Waals surface area contributed by atoms with E-state index < -0.39 is 36.7 Å². The fourth-order valence-electron chi connectivity index (χ4n) is 2.78. The van der Waals surface area contributed by atoms with Gasteiger partial charge >= 0.3 is 0 Å². The lowest BCUT2D eigenvalue weighted by Crippen LogP contribution is -2.33. The molecule has 0 spiro atoms. The number of H-pyrrole nitrogens is 2.